The van der Waals surface area contributed by atoms with Crippen molar-refractivity contribution >= 4 is 11.7 Å². The van der Waals surface area contributed by atoms with Crippen LogP contribution in [0.3, 0.4) is 0 Å². The molecule has 26 heavy (non-hydrogen) atoms. The Morgan fingerprint density at radius 2 is 1.42 bits per heavy atom. The van der Waals surface area contributed by atoms with Crippen LogP contribution in [-0.2, 0) is 0 Å². The van der Waals surface area contributed by atoms with Crippen molar-refractivity contribution in [3.8, 4) is 0 Å². The average molecular weight is 344 g/mol. The lowest BCUT2D eigenvalue weighted by atomic mass is 9.96. The Balaban J connectivity index is 1.84. The third-order valence-electron chi connectivity index (χ3n) is 4.44. The van der Waals surface area contributed by atoms with E-state index in [1.807, 2.05) is 80.6 Å². The predicted octanol–water partition coefficient (Wildman–Crippen LogP) is 3.42. The van der Waals surface area contributed by atoms with Crippen molar-refractivity contribution in [2.24, 2.45) is 5.10 Å². The van der Waals surface area contributed by atoms with Crippen LogP contribution in [0.2, 0.25) is 0 Å². The highest BCUT2D eigenvalue weighted by Gasteiger charge is 2.39. The number of rotatable bonds is 3. The van der Waals surface area contributed by atoms with Crippen LogP contribution in [0.25, 0.3) is 0 Å². The molecule has 1 N–H and O–H groups in total. The second-order valence-electron chi connectivity index (χ2n) is 6.45. The third-order valence-corrected chi connectivity index (χ3v) is 4.44. The van der Waals surface area contributed by atoms with Gasteiger partial charge in [-0.3, -0.25) is 0 Å². The molecule has 1 aromatic heterocycles. The standard InChI is InChI=1S/C21H20N4O/c1-14-13-15(2)23-21(22-14)25-19(17-11-7-4-8-12-17)20(26)18(24-25)16-9-5-3-6-10-16/h3-13,19-20,26H,1-2H3. The minimum atomic E-state index is -0.774. The van der Waals surface area contributed by atoms with Crippen LogP contribution in [0.5, 0.6) is 0 Å². The molecular formula is C21H20N4O. The molecule has 2 heterocycles. The molecule has 0 bridgehead atoms. The third kappa shape index (κ3) is 2.97. The van der Waals surface area contributed by atoms with Gasteiger partial charge in [0, 0.05) is 17.0 Å². The quantitative estimate of drug-likeness (QED) is 0.791. The summed E-state index contributed by atoms with van der Waals surface area (Å²) in [6, 6.07) is 21.2. The lowest BCUT2D eigenvalue weighted by Crippen LogP contribution is -2.31. The number of nitrogens with zero attached hydrogens (tertiary/aromatic N) is 4. The van der Waals surface area contributed by atoms with E-state index >= 15 is 0 Å². The van der Waals surface area contributed by atoms with Crippen LogP contribution >= 0.6 is 0 Å². The van der Waals surface area contributed by atoms with E-state index in [1.165, 1.54) is 0 Å². The molecule has 1 aliphatic rings. The van der Waals surface area contributed by atoms with Gasteiger partial charge >= 0.3 is 0 Å². The SMILES string of the molecule is Cc1cc(C)nc(N2N=C(c3ccccc3)C(O)C2c2ccccc2)n1. The maximum Gasteiger partial charge on any atom is 0.247 e. The van der Waals surface area contributed by atoms with Gasteiger partial charge in [-0.2, -0.15) is 5.10 Å². The van der Waals surface area contributed by atoms with E-state index in [-0.39, 0.29) is 6.04 Å². The van der Waals surface area contributed by atoms with Gasteiger partial charge < -0.3 is 5.11 Å². The molecule has 0 aliphatic carbocycles. The average Bonchev–Trinajstić information content (AvgIpc) is 3.00. The number of anilines is 1. The Bertz CT molecular complexity index is 920. The number of aryl methyl sites for hydroxylation is 2. The summed E-state index contributed by atoms with van der Waals surface area (Å²) in [4.78, 5) is 9.10. The normalized spacial score (nSPS) is 19.5. The largest absolute Gasteiger partial charge is 0.384 e. The van der Waals surface area contributed by atoms with Crippen molar-refractivity contribution in [2.45, 2.75) is 26.0 Å². The van der Waals surface area contributed by atoms with Crippen LogP contribution in [0, 0.1) is 13.8 Å². The molecule has 1 aliphatic heterocycles. The molecule has 5 heteroatoms. The number of aliphatic hydroxyl groups is 1. The van der Waals surface area contributed by atoms with Gasteiger partial charge in [0.05, 0.1) is 5.71 Å². The van der Waals surface area contributed by atoms with Crippen LogP contribution in [0.1, 0.15) is 28.6 Å². The highest BCUT2D eigenvalue weighted by Crippen LogP contribution is 2.35. The van der Waals surface area contributed by atoms with Crippen molar-refractivity contribution in [1.29, 1.82) is 0 Å². The lowest BCUT2D eigenvalue weighted by molar-refractivity contribution is 0.217. The van der Waals surface area contributed by atoms with Crippen LogP contribution in [0.15, 0.2) is 71.8 Å². The minimum Gasteiger partial charge on any atom is -0.384 e. The summed E-state index contributed by atoms with van der Waals surface area (Å²) in [6.45, 7) is 3.87. The molecule has 0 amide bonds. The Morgan fingerprint density at radius 1 is 0.846 bits per heavy atom. The first-order valence-electron chi connectivity index (χ1n) is 8.62. The first kappa shape index (κ1) is 16.4. The zero-order chi connectivity index (χ0) is 18.1. The second kappa shape index (κ2) is 6.69. The van der Waals surface area contributed by atoms with Gasteiger partial charge in [0.25, 0.3) is 0 Å². The molecule has 5 nitrogen and oxygen atoms in total. The molecule has 0 fully saturated rings. The van der Waals surface area contributed by atoms with Crippen LogP contribution in [0.4, 0.5) is 5.95 Å². The van der Waals surface area contributed by atoms with Crippen LogP contribution in [-0.4, -0.2) is 26.9 Å². The molecule has 0 saturated carbocycles. The van der Waals surface area contributed by atoms with Gasteiger partial charge in [0.1, 0.15) is 12.1 Å². The topological polar surface area (TPSA) is 61.6 Å². The summed E-state index contributed by atoms with van der Waals surface area (Å²) < 4.78 is 0. The lowest BCUT2D eigenvalue weighted by Gasteiger charge is -2.24. The zero-order valence-corrected chi connectivity index (χ0v) is 14.7. The van der Waals surface area contributed by atoms with Crippen molar-refractivity contribution in [2.75, 3.05) is 5.01 Å². The highest BCUT2D eigenvalue weighted by molar-refractivity contribution is 6.06. The van der Waals surface area contributed by atoms with Gasteiger partial charge in [-0.05, 0) is 25.5 Å². The van der Waals surface area contributed by atoms with Crippen molar-refractivity contribution in [1.82, 2.24) is 9.97 Å². The summed E-state index contributed by atoms with van der Waals surface area (Å²) in [6.07, 6.45) is -0.774. The zero-order valence-electron chi connectivity index (χ0n) is 14.7. The number of aliphatic hydroxyl groups excluding tert-OH is 1. The fourth-order valence-corrected chi connectivity index (χ4v) is 3.31. The van der Waals surface area contributed by atoms with E-state index in [0.29, 0.717) is 11.7 Å². The predicted molar refractivity (Wildman–Crippen MR) is 102 cm³/mol. The first-order chi connectivity index (χ1) is 12.6. The molecule has 130 valence electrons. The molecule has 0 saturated heterocycles. The molecule has 0 radical (unpaired) electrons. The van der Waals surface area contributed by atoms with E-state index in [2.05, 4.69) is 9.97 Å². The van der Waals surface area contributed by atoms with E-state index in [4.69, 9.17) is 5.10 Å². The molecule has 4 rings (SSSR count). The number of aromatic nitrogens is 2. The van der Waals surface area contributed by atoms with E-state index in [9.17, 15) is 5.11 Å². The van der Waals surface area contributed by atoms with Gasteiger partial charge in [-0.1, -0.05) is 60.7 Å². The summed E-state index contributed by atoms with van der Waals surface area (Å²) in [5, 5.41) is 17.6. The maximum absolute atomic E-state index is 11.1. The molecule has 3 aromatic rings. The summed E-state index contributed by atoms with van der Waals surface area (Å²) in [5.41, 5.74) is 4.24. The number of hydrogen-bond donors (Lipinski definition) is 1. The number of hydrogen-bond acceptors (Lipinski definition) is 5. The van der Waals surface area contributed by atoms with E-state index in [1.54, 1.807) is 5.01 Å². The highest BCUT2D eigenvalue weighted by atomic mass is 16.3. The maximum atomic E-state index is 11.1. The van der Waals surface area contributed by atoms with Gasteiger partial charge in [0.2, 0.25) is 5.95 Å². The van der Waals surface area contributed by atoms with Crippen molar-refractivity contribution in [3.63, 3.8) is 0 Å². The van der Waals surface area contributed by atoms with Crippen LogP contribution < -0.4 is 5.01 Å². The van der Waals surface area contributed by atoms with Crippen molar-refractivity contribution < 1.29 is 5.11 Å². The van der Waals surface area contributed by atoms with Crippen molar-refractivity contribution in [3.05, 3.63) is 89.2 Å². The Labute approximate surface area is 152 Å². The Morgan fingerprint density at radius 3 is 2.04 bits per heavy atom. The summed E-state index contributed by atoms with van der Waals surface area (Å²) >= 11 is 0. The smallest absolute Gasteiger partial charge is 0.247 e. The van der Waals surface area contributed by atoms with Gasteiger partial charge in [0.15, 0.2) is 0 Å². The van der Waals surface area contributed by atoms with E-state index < -0.39 is 6.10 Å². The molecule has 2 atom stereocenters. The van der Waals surface area contributed by atoms with Gasteiger partial charge in [-0.15, -0.1) is 0 Å². The molecule has 2 unspecified atom stereocenters. The summed E-state index contributed by atoms with van der Waals surface area (Å²) in [5.74, 6) is 0.501. The molecule has 2 aromatic carbocycles. The number of hydrazone groups is 1. The van der Waals surface area contributed by atoms with Gasteiger partial charge in [-0.25, -0.2) is 15.0 Å². The van der Waals surface area contributed by atoms with E-state index in [0.717, 1.165) is 22.5 Å². The Hall–Kier alpha value is -3.05. The Kier molecular flexibility index (Phi) is 4.22. The number of benzene rings is 2. The second-order valence-corrected chi connectivity index (χ2v) is 6.45. The molecule has 0 spiro atoms. The summed E-state index contributed by atoms with van der Waals surface area (Å²) in [7, 11) is 0. The first-order valence-corrected chi connectivity index (χ1v) is 8.62. The fraction of sp³-hybridized carbons (Fsp3) is 0.190. The molecular weight excluding hydrogens is 324 g/mol. The minimum absolute atomic E-state index is 0.368. The fourth-order valence-electron chi connectivity index (χ4n) is 3.31. The monoisotopic (exact) mass is 344 g/mol.